The van der Waals surface area contributed by atoms with Crippen LogP contribution in [0.25, 0.3) is 11.0 Å². The Morgan fingerprint density at radius 3 is 2.55 bits per heavy atom. The maximum Gasteiger partial charge on any atom is 0.223 e. The molecule has 0 N–H and O–H groups in total. The first-order valence-electron chi connectivity index (χ1n) is 10.3. The SMILES string of the molecule is Cc1ccccc1OCCn1c([C@H]2CC(=O)N(C(C)(C)C)C2)nc2ccccc21. The fraction of sp³-hybridized carbons (Fsp3) is 0.417. The van der Waals surface area contributed by atoms with Crippen LogP contribution in [0.4, 0.5) is 0 Å². The van der Waals surface area contributed by atoms with Crippen molar-refractivity contribution in [3.05, 3.63) is 59.9 Å². The number of ether oxygens (including phenoxy) is 1. The Morgan fingerprint density at radius 2 is 1.83 bits per heavy atom. The number of carbonyl (C=O) groups excluding carboxylic acids is 1. The summed E-state index contributed by atoms with van der Waals surface area (Å²) in [6.45, 7) is 10.3. The molecular formula is C24H29N3O2. The van der Waals surface area contributed by atoms with Crippen molar-refractivity contribution in [2.24, 2.45) is 0 Å². The van der Waals surface area contributed by atoms with Crippen LogP contribution in [-0.2, 0) is 11.3 Å². The minimum atomic E-state index is -0.170. The van der Waals surface area contributed by atoms with E-state index in [1.165, 1.54) is 0 Å². The van der Waals surface area contributed by atoms with E-state index in [0.717, 1.165) is 28.2 Å². The molecule has 2 aromatic carbocycles. The van der Waals surface area contributed by atoms with Crippen molar-refractivity contribution in [3.8, 4) is 5.75 Å². The van der Waals surface area contributed by atoms with Crippen LogP contribution in [0.5, 0.6) is 5.75 Å². The Bertz CT molecular complexity index is 1030. The largest absolute Gasteiger partial charge is 0.491 e. The van der Waals surface area contributed by atoms with E-state index in [4.69, 9.17) is 9.72 Å². The van der Waals surface area contributed by atoms with Crippen molar-refractivity contribution in [1.82, 2.24) is 14.5 Å². The predicted molar refractivity (Wildman–Crippen MR) is 115 cm³/mol. The molecule has 3 aromatic rings. The van der Waals surface area contributed by atoms with E-state index in [1.54, 1.807) is 0 Å². The molecule has 152 valence electrons. The Balaban J connectivity index is 1.60. The minimum absolute atomic E-state index is 0.104. The third-order valence-corrected chi connectivity index (χ3v) is 5.65. The molecule has 4 rings (SSSR count). The zero-order valence-electron chi connectivity index (χ0n) is 17.7. The van der Waals surface area contributed by atoms with Crippen LogP contribution in [0.3, 0.4) is 0 Å². The second-order valence-corrected chi connectivity index (χ2v) is 8.80. The molecule has 1 aromatic heterocycles. The summed E-state index contributed by atoms with van der Waals surface area (Å²) >= 11 is 0. The number of nitrogens with zero attached hydrogens (tertiary/aromatic N) is 3. The molecule has 1 aliphatic rings. The summed E-state index contributed by atoms with van der Waals surface area (Å²) in [4.78, 5) is 19.5. The molecule has 0 unspecified atom stereocenters. The van der Waals surface area contributed by atoms with Crippen molar-refractivity contribution >= 4 is 16.9 Å². The van der Waals surface area contributed by atoms with Gasteiger partial charge in [-0.15, -0.1) is 0 Å². The van der Waals surface area contributed by atoms with Crippen molar-refractivity contribution in [3.63, 3.8) is 0 Å². The van der Waals surface area contributed by atoms with Gasteiger partial charge in [-0.3, -0.25) is 4.79 Å². The molecule has 1 fully saturated rings. The lowest BCUT2D eigenvalue weighted by Gasteiger charge is -2.32. The number of rotatable bonds is 5. The molecule has 0 radical (unpaired) electrons. The normalized spacial score (nSPS) is 17.3. The highest BCUT2D eigenvalue weighted by atomic mass is 16.5. The molecule has 29 heavy (non-hydrogen) atoms. The van der Waals surface area contributed by atoms with E-state index < -0.39 is 0 Å². The summed E-state index contributed by atoms with van der Waals surface area (Å²) in [5.41, 5.74) is 3.03. The van der Waals surface area contributed by atoms with Gasteiger partial charge in [-0.1, -0.05) is 30.3 Å². The summed E-state index contributed by atoms with van der Waals surface area (Å²) in [7, 11) is 0. The molecular weight excluding hydrogens is 362 g/mol. The van der Waals surface area contributed by atoms with Gasteiger partial charge >= 0.3 is 0 Å². The maximum atomic E-state index is 12.6. The van der Waals surface area contributed by atoms with Gasteiger partial charge in [-0.2, -0.15) is 0 Å². The number of para-hydroxylation sites is 3. The first-order chi connectivity index (χ1) is 13.8. The summed E-state index contributed by atoms with van der Waals surface area (Å²) < 4.78 is 8.28. The third kappa shape index (κ3) is 3.86. The first kappa shape index (κ1) is 19.5. The van der Waals surface area contributed by atoms with Crippen LogP contribution in [0.15, 0.2) is 48.5 Å². The lowest BCUT2D eigenvalue weighted by Crippen LogP contribution is -2.42. The van der Waals surface area contributed by atoms with Crippen molar-refractivity contribution in [1.29, 1.82) is 0 Å². The summed E-state index contributed by atoms with van der Waals surface area (Å²) in [6.07, 6.45) is 0.513. The molecule has 1 amide bonds. The number of aryl methyl sites for hydroxylation is 1. The average Bonchev–Trinajstić information content (AvgIpc) is 3.24. The Hall–Kier alpha value is -2.82. The standard InChI is InChI=1S/C24H29N3O2/c1-17-9-5-8-12-21(17)29-14-13-26-20-11-7-6-10-19(20)25-23(26)18-15-22(28)27(16-18)24(2,3)4/h5-12,18H,13-16H2,1-4H3/t18-/m0/s1. The van der Waals surface area contributed by atoms with E-state index in [0.29, 0.717) is 26.1 Å². The smallest absolute Gasteiger partial charge is 0.223 e. The maximum absolute atomic E-state index is 12.6. The highest BCUT2D eigenvalue weighted by Gasteiger charge is 2.38. The van der Waals surface area contributed by atoms with E-state index in [1.807, 2.05) is 41.3 Å². The number of hydrogen-bond donors (Lipinski definition) is 0. The van der Waals surface area contributed by atoms with Crippen LogP contribution in [0, 0.1) is 6.92 Å². The topological polar surface area (TPSA) is 47.4 Å². The minimum Gasteiger partial charge on any atom is -0.491 e. The highest BCUT2D eigenvalue weighted by molar-refractivity contribution is 5.81. The zero-order chi connectivity index (χ0) is 20.6. The van der Waals surface area contributed by atoms with Crippen LogP contribution < -0.4 is 4.74 Å². The first-order valence-corrected chi connectivity index (χ1v) is 10.3. The Morgan fingerprint density at radius 1 is 1.10 bits per heavy atom. The lowest BCUT2D eigenvalue weighted by molar-refractivity contribution is -0.131. The van der Waals surface area contributed by atoms with Gasteiger partial charge in [0.05, 0.1) is 17.6 Å². The van der Waals surface area contributed by atoms with Gasteiger partial charge in [-0.05, 0) is 51.5 Å². The van der Waals surface area contributed by atoms with Crippen LogP contribution in [0.1, 0.15) is 44.5 Å². The predicted octanol–water partition coefficient (Wildman–Crippen LogP) is 4.54. The fourth-order valence-corrected chi connectivity index (χ4v) is 4.13. The fourth-order valence-electron chi connectivity index (χ4n) is 4.13. The number of imidazole rings is 1. The number of aromatic nitrogens is 2. The number of amides is 1. The zero-order valence-corrected chi connectivity index (χ0v) is 17.7. The van der Waals surface area contributed by atoms with E-state index in [9.17, 15) is 4.79 Å². The monoisotopic (exact) mass is 391 g/mol. The molecule has 0 aliphatic carbocycles. The van der Waals surface area contributed by atoms with Gasteiger partial charge in [0.15, 0.2) is 0 Å². The molecule has 0 bridgehead atoms. The molecule has 1 atom stereocenters. The number of carbonyl (C=O) groups is 1. The summed E-state index contributed by atoms with van der Waals surface area (Å²) in [5, 5.41) is 0. The quantitative estimate of drug-likeness (QED) is 0.642. The van der Waals surface area contributed by atoms with E-state index in [-0.39, 0.29) is 17.4 Å². The number of hydrogen-bond acceptors (Lipinski definition) is 3. The van der Waals surface area contributed by atoms with E-state index in [2.05, 4.69) is 44.4 Å². The van der Waals surface area contributed by atoms with Crippen molar-refractivity contribution < 1.29 is 9.53 Å². The van der Waals surface area contributed by atoms with Gasteiger partial charge in [0.2, 0.25) is 5.91 Å². The molecule has 0 spiro atoms. The molecule has 0 saturated carbocycles. The van der Waals surface area contributed by atoms with Crippen molar-refractivity contribution in [2.45, 2.75) is 52.1 Å². The molecule has 2 heterocycles. The van der Waals surface area contributed by atoms with Gasteiger partial charge in [-0.25, -0.2) is 4.98 Å². The second kappa shape index (κ2) is 7.54. The number of fused-ring (bicyclic) bond motifs is 1. The summed E-state index contributed by atoms with van der Waals surface area (Å²) in [5.74, 6) is 2.21. The van der Waals surface area contributed by atoms with Gasteiger partial charge in [0.25, 0.3) is 0 Å². The van der Waals surface area contributed by atoms with Gasteiger partial charge in [0.1, 0.15) is 18.2 Å². The molecule has 1 aliphatic heterocycles. The van der Waals surface area contributed by atoms with Gasteiger partial charge < -0.3 is 14.2 Å². The molecule has 1 saturated heterocycles. The van der Waals surface area contributed by atoms with Crippen LogP contribution in [0.2, 0.25) is 0 Å². The Kier molecular flexibility index (Phi) is 5.07. The average molecular weight is 392 g/mol. The summed E-state index contributed by atoms with van der Waals surface area (Å²) in [6, 6.07) is 16.2. The number of likely N-dealkylation sites (tertiary alicyclic amines) is 1. The molecule has 5 heteroatoms. The van der Waals surface area contributed by atoms with Crippen molar-refractivity contribution in [2.75, 3.05) is 13.2 Å². The van der Waals surface area contributed by atoms with E-state index >= 15 is 0 Å². The van der Waals surface area contributed by atoms with Crippen LogP contribution >= 0.6 is 0 Å². The highest BCUT2D eigenvalue weighted by Crippen LogP contribution is 2.33. The molecule has 5 nitrogen and oxygen atoms in total. The number of benzene rings is 2. The third-order valence-electron chi connectivity index (χ3n) is 5.65. The Labute approximate surface area is 172 Å². The lowest BCUT2D eigenvalue weighted by atomic mass is 10.1. The van der Waals surface area contributed by atoms with Gasteiger partial charge in [0, 0.05) is 24.4 Å². The second-order valence-electron chi connectivity index (χ2n) is 8.80. The van der Waals surface area contributed by atoms with Crippen LogP contribution in [-0.4, -0.2) is 39.0 Å².